The number of halogens is 1. The highest BCUT2D eigenvalue weighted by molar-refractivity contribution is 6.30. The van der Waals surface area contributed by atoms with Gasteiger partial charge in [-0.25, -0.2) is 4.98 Å². The minimum atomic E-state index is 0.390. The van der Waals surface area contributed by atoms with E-state index in [1.165, 1.54) is 0 Å². The molecule has 4 nitrogen and oxygen atoms in total. The van der Waals surface area contributed by atoms with Gasteiger partial charge in [-0.3, -0.25) is 0 Å². The lowest BCUT2D eigenvalue weighted by molar-refractivity contribution is 0.412. The van der Waals surface area contributed by atoms with Gasteiger partial charge in [-0.05, 0) is 25.1 Å². The van der Waals surface area contributed by atoms with E-state index in [-0.39, 0.29) is 0 Å². The van der Waals surface area contributed by atoms with Gasteiger partial charge < -0.3 is 10.1 Å². The van der Waals surface area contributed by atoms with E-state index in [0.717, 1.165) is 24.6 Å². The van der Waals surface area contributed by atoms with Gasteiger partial charge in [0.25, 0.3) is 0 Å². The van der Waals surface area contributed by atoms with E-state index in [0.29, 0.717) is 22.6 Å². The third-order valence-corrected chi connectivity index (χ3v) is 3.25. The Bertz CT molecular complexity index is 599. The molecular weight excluding hydrogens is 262 g/mol. The minimum Gasteiger partial charge on any atom is -0.439 e. The van der Waals surface area contributed by atoms with Crippen molar-refractivity contribution in [2.24, 2.45) is 0 Å². The number of rotatable bonds is 3. The van der Waals surface area contributed by atoms with E-state index < -0.39 is 0 Å². The molecule has 1 fully saturated rings. The molecule has 0 saturated carbocycles. The Hall–Kier alpha value is -1.65. The van der Waals surface area contributed by atoms with Crippen molar-refractivity contribution in [3.05, 3.63) is 46.9 Å². The third-order valence-electron chi connectivity index (χ3n) is 3.01. The molecule has 1 aromatic heterocycles. The summed E-state index contributed by atoms with van der Waals surface area (Å²) in [5, 5.41) is 3.86. The van der Waals surface area contributed by atoms with Crippen molar-refractivity contribution in [3.63, 3.8) is 0 Å². The molecule has 0 spiro atoms. The summed E-state index contributed by atoms with van der Waals surface area (Å²) in [7, 11) is 0. The number of hydrogen-bond acceptors (Lipinski definition) is 4. The number of aryl methyl sites for hydroxylation is 1. The second kappa shape index (κ2) is 5.15. The van der Waals surface area contributed by atoms with E-state index in [4.69, 9.17) is 16.3 Å². The molecule has 3 rings (SSSR count). The highest BCUT2D eigenvalue weighted by Gasteiger charge is 2.22. The summed E-state index contributed by atoms with van der Waals surface area (Å²) >= 11 is 5.93. The van der Waals surface area contributed by atoms with Crippen molar-refractivity contribution >= 4 is 11.6 Å². The summed E-state index contributed by atoms with van der Waals surface area (Å²) in [6.45, 7) is 3.81. The summed E-state index contributed by atoms with van der Waals surface area (Å²) in [4.78, 5) is 8.92. The lowest BCUT2D eigenvalue weighted by Crippen LogP contribution is -2.40. The smallest absolute Gasteiger partial charge is 0.222 e. The molecule has 0 aliphatic carbocycles. The van der Waals surface area contributed by atoms with Crippen LogP contribution in [0.5, 0.6) is 11.6 Å². The zero-order valence-corrected chi connectivity index (χ0v) is 11.3. The van der Waals surface area contributed by atoms with Crippen molar-refractivity contribution < 1.29 is 4.74 Å². The van der Waals surface area contributed by atoms with Gasteiger partial charge in [0.05, 0.1) is 0 Å². The van der Waals surface area contributed by atoms with Crippen LogP contribution in [0.2, 0.25) is 5.02 Å². The Labute approximate surface area is 116 Å². The molecule has 0 bridgehead atoms. The molecule has 0 amide bonds. The first kappa shape index (κ1) is 12.4. The maximum absolute atomic E-state index is 5.93. The molecular formula is C14H14ClN3O. The molecule has 1 aliphatic rings. The average molecular weight is 276 g/mol. The SMILES string of the molecule is Cc1cc(Oc2cccc(Cl)c2)nc(C2CNC2)n1. The van der Waals surface area contributed by atoms with Crippen LogP contribution in [0, 0.1) is 6.92 Å². The Kier molecular flexibility index (Phi) is 3.36. The Morgan fingerprint density at radius 1 is 1.26 bits per heavy atom. The fraction of sp³-hybridized carbons (Fsp3) is 0.286. The van der Waals surface area contributed by atoms with Crippen LogP contribution < -0.4 is 10.1 Å². The highest BCUT2D eigenvalue weighted by atomic mass is 35.5. The predicted molar refractivity (Wildman–Crippen MR) is 73.9 cm³/mol. The lowest BCUT2D eigenvalue weighted by Gasteiger charge is -2.25. The first-order valence-corrected chi connectivity index (χ1v) is 6.58. The molecule has 1 aliphatic heterocycles. The topological polar surface area (TPSA) is 47.0 Å². The van der Waals surface area contributed by atoms with Crippen molar-refractivity contribution in [2.75, 3.05) is 13.1 Å². The van der Waals surface area contributed by atoms with Crippen LogP contribution in [0.25, 0.3) is 0 Å². The van der Waals surface area contributed by atoms with Crippen LogP contribution in [0.1, 0.15) is 17.4 Å². The summed E-state index contributed by atoms with van der Waals surface area (Å²) in [5.41, 5.74) is 0.911. The van der Waals surface area contributed by atoms with E-state index >= 15 is 0 Å². The van der Waals surface area contributed by atoms with Crippen molar-refractivity contribution in [3.8, 4) is 11.6 Å². The van der Waals surface area contributed by atoms with Crippen LogP contribution in [0.4, 0.5) is 0 Å². The average Bonchev–Trinajstić information content (AvgIpc) is 2.25. The van der Waals surface area contributed by atoms with Gasteiger partial charge in [0, 0.05) is 35.8 Å². The van der Waals surface area contributed by atoms with Gasteiger partial charge in [-0.15, -0.1) is 0 Å². The number of nitrogens with one attached hydrogen (secondary N) is 1. The molecule has 1 N–H and O–H groups in total. The van der Waals surface area contributed by atoms with Crippen molar-refractivity contribution in [1.29, 1.82) is 0 Å². The summed E-state index contributed by atoms with van der Waals surface area (Å²) in [5.74, 6) is 2.48. The number of ether oxygens (including phenoxy) is 1. The van der Waals surface area contributed by atoms with Crippen LogP contribution in [-0.2, 0) is 0 Å². The Balaban J connectivity index is 1.85. The van der Waals surface area contributed by atoms with E-state index in [1.807, 2.05) is 31.2 Å². The maximum atomic E-state index is 5.93. The maximum Gasteiger partial charge on any atom is 0.222 e. The van der Waals surface area contributed by atoms with Gasteiger partial charge in [0.15, 0.2) is 0 Å². The molecule has 0 radical (unpaired) electrons. The minimum absolute atomic E-state index is 0.390. The van der Waals surface area contributed by atoms with Crippen LogP contribution in [-0.4, -0.2) is 23.1 Å². The Morgan fingerprint density at radius 3 is 2.79 bits per heavy atom. The number of nitrogens with zero attached hydrogens (tertiary/aromatic N) is 2. The largest absolute Gasteiger partial charge is 0.439 e. The molecule has 1 aromatic carbocycles. The molecule has 0 unspecified atom stereocenters. The second-order valence-corrected chi connectivity index (χ2v) is 5.06. The fourth-order valence-corrected chi connectivity index (χ4v) is 2.10. The first-order chi connectivity index (χ1) is 9.20. The summed E-state index contributed by atoms with van der Waals surface area (Å²) in [6.07, 6.45) is 0. The van der Waals surface area contributed by atoms with E-state index in [1.54, 1.807) is 6.07 Å². The quantitative estimate of drug-likeness (QED) is 0.936. The molecule has 19 heavy (non-hydrogen) atoms. The highest BCUT2D eigenvalue weighted by Crippen LogP contribution is 2.25. The lowest BCUT2D eigenvalue weighted by atomic mass is 10.0. The molecule has 0 atom stereocenters. The zero-order valence-electron chi connectivity index (χ0n) is 10.6. The van der Waals surface area contributed by atoms with Gasteiger partial charge in [0.2, 0.25) is 5.88 Å². The summed E-state index contributed by atoms with van der Waals surface area (Å²) < 4.78 is 5.74. The number of aromatic nitrogens is 2. The van der Waals surface area contributed by atoms with Gasteiger partial charge in [-0.2, -0.15) is 4.98 Å². The van der Waals surface area contributed by atoms with Crippen LogP contribution in [0.3, 0.4) is 0 Å². The molecule has 5 heteroatoms. The van der Waals surface area contributed by atoms with Gasteiger partial charge in [0.1, 0.15) is 11.6 Å². The van der Waals surface area contributed by atoms with Crippen LogP contribution >= 0.6 is 11.6 Å². The van der Waals surface area contributed by atoms with Crippen LogP contribution in [0.15, 0.2) is 30.3 Å². The van der Waals surface area contributed by atoms with Gasteiger partial charge >= 0.3 is 0 Å². The molecule has 2 heterocycles. The molecule has 98 valence electrons. The Morgan fingerprint density at radius 2 is 2.11 bits per heavy atom. The van der Waals surface area contributed by atoms with Crippen molar-refractivity contribution in [1.82, 2.24) is 15.3 Å². The van der Waals surface area contributed by atoms with Crippen molar-refractivity contribution in [2.45, 2.75) is 12.8 Å². The third kappa shape index (κ3) is 2.85. The van der Waals surface area contributed by atoms with Gasteiger partial charge in [-0.1, -0.05) is 17.7 Å². The monoisotopic (exact) mass is 275 g/mol. The zero-order chi connectivity index (χ0) is 13.2. The molecule has 2 aromatic rings. The number of benzene rings is 1. The van der Waals surface area contributed by atoms with E-state index in [9.17, 15) is 0 Å². The normalized spacial score (nSPS) is 15.1. The standard InChI is InChI=1S/C14H14ClN3O/c1-9-5-13(18-14(17-9)10-7-16-8-10)19-12-4-2-3-11(15)6-12/h2-6,10,16H,7-8H2,1H3. The predicted octanol–water partition coefficient (Wildman–Crippen LogP) is 2.92. The second-order valence-electron chi connectivity index (χ2n) is 4.62. The first-order valence-electron chi connectivity index (χ1n) is 6.20. The van der Waals surface area contributed by atoms with E-state index in [2.05, 4.69) is 15.3 Å². The summed E-state index contributed by atoms with van der Waals surface area (Å²) in [6, 6.07) is 9.11. The number of hydrogen-bond donors (Lipinski definition) is 1. The fourth-order valence-electron chi connectivity index (χ4n) is 1.92. The molecule has 1 saturated heterocycles.